The van der Waals surface area contributed by atoms with Crippen LogP contribution in [0.4, 0.5) is 0 Å². The van der Waals surface area contributed by atoms with Crippen LogP contribution in [0.5, 0.6) is 0 Å². The fraction of sp³-hybridized carbons (Fsp3) is 0.312. The highest BCUT2D eigenvalue weighted by atomic mass is 32.2. The maximum Gasteiger partial charge on any atom is 0.240 e. The SMILES string of the molecule is CNS(=O)(=O)c1ccc(-c2cc(C(C)C)cnc2C)cc1. The number of nitrogens with zero attached hydrogens (tertiary/aromatic N) is 1. The minimum Gasteiger partial charge on any atom is -0.261 e. The number of rotatable bonds is 4. The first-order chi connectivity index (χ1) is 9.85. The molecular weight excluding hydrogens is 284 g/mol. The lowest BCUT2D eigenvalue weighted by atomic mass is 9.98. The van der Waals surface area contributed by atoms with Gasteiger partial charge >= 0.3 is 0 Å². The maximum atomic E-state index is 11.7. The van der Waals surface area contributed by atoms with E-state index in [1.807, 2.05) is 25.3 Å². The first kappa shape index (κ1) is 15.7. The molecule has 4 nitrogen and oxygen atoms in total. The van der Waals surface area contributed by atoms with E-state index in [1.165, 1.54) is 12.6 Å². The normalized spacial score (nSPS) is 11.9. The number of hydrogen-bond acceptors (Lipinski definition) is 3. The number of hydrogen-bond donors (Lipinski definition) is 1. The molecule has 0 aliphatic heterocycles. The fourth-order valence-corrected chi connectivity index (χ4v) is 2.82. The molecular formula is C16H20N2O2S. The maximum absolute atomic E-state index is 11.7. The van der Waals surface area contributed by atoms with Crippen LogP contribution in [0.1, 0.15) is 31.0 Å². The summed E-state index contributed by atoms with van der Waals surface area (Å²) in [6, 6.07) is 8.98. The molecule has 1 aromatic heterocycles. The van der Waals surface area contributed by atoms with Gasteiger partial charge in [-0.05, 0) is 49.2 Å². The first-order valence-electron chi connectivity index (χ1n) is 6.85. The summed E-state index contributed by atoms with van der Waals surface area (Å²) in [6.07, 6.45) is 1.89. The summed E-state index contributed by atoms with van der Waals surface area (Å²) in [6.45, 7) is 6.20. The molecule has 0 bridgehead atoms. The Hall–Kier alpha value is -1.72. The van der Waals surface area contributed by atoms with Crippen molar-refractivity contribution in [3.8, 4) is 11.1 Å². The zero-order valence-corrected chi connectivity index (χ0v) is 13.5. The summed E-state index contributed by atoms with van der Waals surface area (Å²) in [5, 5.41) is 0. The molecule has 1 aromatic carbocycles. The van der Waals surface area contributed by atoms with Gasteiger partial charge in [0.15, 0.2) is 0 Å². The number of aromatic nitrogens is 1. The zero-order chi connectivity index (χ0) is 15.6. The Bertz CT molecular complexity index is 735. The Morgan fingerprint density at radius 2 is 1.76 bits per heavy atom. The molecule has 112 valence electrons. The quantitative estimate of drug-likeness (QED) is 0.944. The van der Waals surface area contributed by atoms with Crippen LogP contribution in [-0.2, 0) is 10.0 Å². The summed E-state index contributed by atoms with van der Waals surface area (Å²) in [5.74, 6) is 0.404. The lowest BCUT2D eigenvalue weighted by Crippen LogP contribution is -2.18. The van der Waals surface area contributed by atoms with Crippen molar-refractivity contribution in [3.05, 3.63) is 47.8 Å². The van der Waals surface area contributed by atoms with Crippen LogP contribution >= 0.6 is 0 Å². The largest absolute Gasteiger partial charge is 0.261 e. The highest BCUT2D eigenvalue weighted by molar-refractivity contribution is 7.89. The minimum atomic E-state index is -3.39. The second kappa shape index (κ2) is 5.95. The van der Waals surface area contributed by atoms with Crippen LogP contribution in [-0.4, -0.2) is 20.4 Å². The van der Waals surface area contributed by atoms with E-state index in [0.717, 1.165) is 16.8 Å². The third-order valence-corrected chi connectivity index (χ3v) is 4.95. The van der Waals surface area contributed by atoms with Gasteiger partial charge in [0, 0.05) is 17.5 Å². The van der Waals surface area contributed by atoms with Crippen molar-refractivity contribution in [2.24, 2.45) is 0 Å². The number of benzene rings is 1. The van der Waals surface area contributed by atoms with E-state index in [2.05, 4.69) is 29.6 Å². The Kier molecular flexibility index (Phi) is 4.44. The Morgan fingerprint density at radius 3 is 2.29 bits per heavy atom. The van der Waals surface area contributed by atoms with Gasteiger partial charge in [0.25, 0.3) is 0 Å². The van der Waals surface area contributed by atoms with Gasteiger partial charge in [-0.3, -0.25) is 4.98 Å². The van der Waals surface area contributed by atoms with Crippen molar-refractivity contribution in [2.75, 3.05) is 7.05 Å². The molecule has 0 aliphatic carbocycles. The summed E-state index contributed by atoms with van der Waals surface area (Å²) >= 11 is 0. The molecule has 0 atom stereocenters. The van der Waals surface area contributed by atoms with E-state index in [1.54, 1.807) is 12.1 Å². The Labute approximate surface area is 126 Å². The highest BCUT2D eigenvalue weighted by Gasteiger charge is 2.12. The molecule has 1 N–H and O–H groups in total. The van der Waals surface area contributed by atoms with E-state index < -0.39 is 10.0 Å². The average molecular weight is 304 g/mol. The molecule has 0 radical (unpaired) electrons. The summed E-state index contributed by atoms with van der Waals surface area (Å²) in [4.78, 5) is 4.70. The van der Waals surface area contributed by atoms with E-state index in [4.69, 9.17) is 0 Å². The van der Waals surface area contributed by atoms with Crippen LogP contribution in [0.15, 0.2) is 41.4 Å². The van der Waals surface area contributed by atoms with E-state index in [9.17, 15) is 8.42 Å². The number of aryl methyl sites for hydroxylation is 1. The smallest absolute Gasteiger partial charge is 0.240 e. The second-order valence-corrected chi connectivity index (χ2v) is 7.17. The van der Waals surface area contributed by atoms with Crippen molar-refractivity contribution in [2.45, 2.75) is 31.6 Å². The minimum absolute atomic E-state index is 0.263. The third-order valence-electron chi connectivity index (χ3n) is 3.52. The summed E-state index contributed by atoms with van der Waals surface area (Å²) in [5.41, 5.74) is 4.11. The van der Waals surface area contributed by atoms with Gasteiger partial charge in [0.1, 0.15) is 0 Å². The molecule has 1 heterocycles. The third kappa shape index (κ3) is 3.31. The van der Waals surface area contributed by atoms with Crippen molar-refractivity contribution in [3.63, 3.8) is 0 Å². The molecule has 2 aromatic rings. The summed E-state index contributed by atoms with van der Waals surface area (Å²) < 4.78 is 25.8. The average Bonchev–Trinajstić information content (AvgIpc) is 2.47. The van der Waals surface area contributed by atoms with Gasteiger partial charge in [-0.1, -0.05) is 26.0 Å². The van der Waals surface area contributed by atoms with Gasteiger partial charge in [0.05, 0.1) is 4.90 Å². The van der Waals surface area contributed by atoms with Gasteiger partial charge in [-0.2, -0.15) is 0 Å². The number of sulfonamides is 1. The van der Waals surface area contributed by atoms with Gasteiger partial charge in [-0.25, -0.2) is 13.1 Å². The predicted octanol–water partition coefficient (Wildman–Crippen LogP) is 3.09. The van der Waals surface area contributed by atoms with Crippen molar-refractivity contribution in [1.82, 2.24) is 9.71 Å². The highest BCUT2D eigenvalue weighted by Crippen LogP contribution is 2.26. The first-order valence-corrected chi connectivity index (χ1v) is 8.34. The molecule has 0 unspecified atom stereocenters. The van der Waals surface area contributed by atoms with Gasteiger partial charge in [-0.15, -0.1) is 0 Å². The molecule has 0 saturated heterocycles. The lowest BCUT2D eigenvalue weighted by Gasteiger charge is -2.11. The summed E-state index contributed by atoms with van der Waals surface area (Å²) in [7, 11) is -1.99. The van der Waals surface area contributed by atoms with Crippen LogP contribution < -0.4 is 4.72 Å². The molecule has 5 heteroatoms. The molecule has 0 saturated carbocycles. The van der Waals surface area contributed by atoms with Crippen LogP contribution in [0.2, 0.25) is 0 Å². The monoisotopic (exact) mass is 304 g/mol. The van der Waals surface area contributed by atoms with E-state index in [0.29, 0.717) is 5.92 Å². The molecule has 0 amide bonds. The standard InChI is InChI=1S/C16H20N2O2S/c1-11(2)14-9-16(12(3)18-10-14)13-5-7-15(8-6-13)21(19,20)17-4/h5-11,17H,1-4H3. The lowest BCUT2D eigenvalue weighted by molar-refractivity contribution is 0.588. The van der Waals surface area contributed by atoms with Crippen LogP contribution in [0.25, 0.3) is 11.1 Å². The van der Waals surface area contributed by atoms with Crippen LogP contribution in [0, 0.1) is 6.92 Å². The molecule has 0 fully saturated rings. The molecule has 0 spiro atoms. The second-order valence-electron chi connectivity index (χ2n) is 5.29. The Morgan fingerprint density at radius 1 is 1.14 bits per heavy atom. The van der Waals surface area contributed by atoms with Crippen molar-refractivity contribution >= 4 is 10.0 Å². The van der Waals surface area contributed by atoms with Crippen molar-refractivity contribution in [1.29, 1.82) is 0 Å². The Balaban J connectivity index is 2.46. The van der Waals surface area contributed by atoms with Gasteiger partial charge in [0.2, 0.25) is 10.0 Å². The molecule has 2 rings (SSSR count). The van der Waals surface area contributed by atoms with E-state index >= 15 is 0 Å². The van der Waals surface area contributed by atoms with E-state index in [-0.39, 0.29) is 4.90 Å². The predicted molar refractivity (Wildman–Crippen MR) is 84.7 cm³/mol. The van der Waals surface area contributed by atoms with Crippen LogP contribution in [0.3, 0.4) is 0 Å². The van der Waals surface area contributed by atoms with Crippen molar-refractivity contribution < 1.29 is 8.42 Å². The fourth-order valence-electron chi connectivity index (χ4n) is 2.09. The number of nitrogens with one attached hydrogen (secondary N) is 1. The molecule has 21 heavy (non-hydrogen) atoms. The zero-order valence-electron chi connectivity index (χ0n) is 12.7. The molecule has 0 aliphatic rings. The topological polar surface area (TPSA) is 59.1 Å². The number of pyridine rings is 1. The van der Waals surface area contributed by atoms with Gasteiger partial charge < -0.3 is 0 Å².